The predicted octanol–water partition coefficient (Wildman–Crippen LogP) is -1.80. The molecule has 178 valence electrons. The van der Waals surface area contributed by atoms with E-state index in [2.05, 4.69) is 0 Å². The van der Waals surface area contributed by atoms with E-state index in [1.54, 1.807) is 0 Å². The van der Waals surface area contributed by atoms with Crippen molar-refractivity contribution in [2.45, 2.75) is 30.0 Å². The van der Waals surface area contributed by atoms with Crippen molar-refractivity contribution < 1.29 is 65.4 Å². The van der Waals surface area contributed by atoms with Crippen molar-refractivity contribution in [3.8, 4) is 34.5 Å². The van der Waals surface area contributed by atoms with E-state index in [0.29, 0.717) is 24.3 Å². The van der Waals surface area contributed by atoms with E-state index in [4.69, 9.17) is 4.74 Å². The van der Waals surface area contributed by atoms with Gasteiger partial charge < -0.3 is 55.8 Å². The molecule has 2 aromatic carbocycles. The first kappa shape index (κ1) is 24.0. The van der Waals surface area contributed by atoms with Gasteiger partial charge in [0.05, 0.1) is 6.61 Å². The van der Waals surface area contributed by atoms with Crippen molar-refractivity contribution in [1.29, 1.82) is 0 Å². The van der Waals surface area contributed by atoms with E-state index in [1.165, 1.54) is 0 Å². The van der Waals surface area contributed by atoms with Crippen LogP contribution < -0.4 is 0 Å². The molecule has 1 aliphatic rings. The predicted molar refractivity (Wildman–Crippen MR) is 104 cm³/mol. The molecule has 33 heavy (non-hydrogen) atoms. The molecular formula is C20H20O13. The number of ether oxygens (including phenoxy) is 1. The molecule has 13 nitrogen and oxygen atoms in total. The van der Waals surface area contributed by atoms with Gasteiger partial charge in [-0.1, -0.05) is 0 Å². The van der Waals surface area contributed by atoms with Crippen LogP contribution in [0.4, 0.5) is 0 Å². The first-order valence-corrected chi connectivity index (χ1v) is 9.27. The molecule has 1 aliphatic heterocycles. The Morgan fingerprint density at radius 1 is 0.848 bits per heavy atom. The Balaban J connectivity index is 1.95. The number of Topliss-reactive ketones (excluding diaryl/α,β-unsaturated/α-hetero) is 2. The summed E-state index contributed by atoms with van der Waals surface area (Å²) >= 11 is 0. The quantitative estimate of drug-likeness (QED) is 0.172. The second-order valence-corrected chi connectivity index (χ2v) is 7.45. The third-order valence-electron chi connectivity index (χ3n) is 5.35. The van der Waals surface area contributed by atoms with Crippen molar-refractivity contribution >= 4 is 11.6 Å². The molecule has 1 saturated heterocycles. The standard InChI is InChI=1S/C20H20O13/c21-8-1-6(2-9(22)14(8)27)13(26)16(29)17-19(31)20(32,12(25)5-33-17)18(30)7-3-10(23)15(28)11(24)4-7/h1-4,12,16-17,19,21-25,27-29,31-32H,5H2/t12-,16?,17+,19+,20-/m0/s1. The minimum absolute atomic E-state index is 0.527. The van der Waals surface area contributed by atoms with Gasteiger partial charge in [0.15, 0.2) is 51.7 Å². The van der Waals surface area contributed by atoms with Crippen LogP contribution in [-0.4, -0.2) is 99.3 Å². The average Bonchev–Trinajstić information content (AvgIpc) is 2.77. The number of phenolic OH excluding ortho intramolecular Hbond substituents is 6. The lowest BCUT2D eigenvalue weighted by molar-refractivity contribution is -0.232. The first-order valence-electron chi connectivity index (χ1n) is 9.27. The van der Waals surface area contributed by atoms with E-state index >= 15 is 0 Å². The summed E-state index contributed by atoms with van der Waals surface area (Å²) in [6, 6.07) is 2.68. The number of aliphatic hydroxyl groups excluding tert-OH is 3. The van der Waals surface area contributed by atoms with Crippen LogP contribution in [0.1, 0.15) is 20.7 Å². The van der Waals surface area contributed by atoms with Gasteiger partial charge in [-0.05, 0) is 24.3 Å². The Morgan fingerprint density at radius 3 is 1.73 bits per heavy atom. The fourth-order valence-electron chi connectivity index (χ4n) is 3.45. The molecule has 2 aromatic rings. The number of phenols is 6. The summed E-state index contributed by atoms with van der Waals surface area (Å²) in [4.78, 5) is 25.5. The minimum Gasteiger partial charge on any atom is -0.504 e. The van der Waals surface area contributed by atoms with Gasteiger partial charge in [0.25, 0.3) is 0 Å². The minimum atomic E-state index is -3.10. The van der Waals surface area contributed by atoms with Crippen LogP contribution >= 0.6 is 0 Å². The fraction of sp³-hybridized carbons (Fsp3) is 0.300. The zero-order valence-corrected chi connectivity index (χ0v) is 16.5. The van der Waals surface area contributed by atoms with Gasteiger partial charge >= 0.3 is 0 Å². The van der Waals surface area contributed by atoms with E-state index < -0.39 is 93.8 Å². The number of benzene rings is 2. The smallest absolute Gasteiger partial charge is 0.200 e. The highest BCUT2D eigenvalue weighted by molar-refractivity contribution is 6.05. The van der Waals surface area contributed by atoms with Crippen LogP contribution in [0.25, 0.3) is 0 Å². The zero-order valence-electron chi connectivity index (χ0n) is 16.5. The van der Waals surface area contributed by atoms with Crippen molar-refractivity contribution in [3.63, 3.8) is 0 Å². The highest BCUT2D eigenvalue weighted by Crippen LogP contribution is 2.39. The second kappa shape index (κ2) is 8.38. The number of ketones is 2. The van der Waals surface area contributed by atoms with E-state index in [9.17, 15) is 60.7 Å². The molecule has 0 saturated carbocycles. The SMILES string of the molecule is O=C(c1cc(O)c(O)c(O)c1)C(O)[C@H]1OC[C@H](O)[C@](O)(C(=O)c2cc(O)c(O)c(O)c2)[C@@H]1O. The highest BCUT2D eigenvalue weighted by Gasteiger charge is 2.58. The van der Waals surface area contributed by atoms with E-state index in [0.717, 1.165) is 0 Å². The molecule has 5 atom stereocenters. The van der Waals surface area contributed by atoms with E-state index in [1.807, 2.05) is 0 Å². The van der Waals surface area contributed by atoms with Crippen molar-refractivity contribution in [3.05, 3.63) is 35.4 Å². The number of rotatable bonds is 5. The van der Waals surface area contributed by atoms with E-state index in [-0.39, 0.29) is 0 Å². The summed E-state index contributed by atoms with van der Waals surface area (Å²) in [7, 11) is 0. The molecule has 1 unspecified atom stereocenters. The van der Waals surface area contributed by atoms with Crippen LogP contribution in [0.5, 0.6) is 34.5 Å². The molecular weight excluding hydrogens is 448 g/mol. The molecule has 13 heteroatoms. The Morgan fingerprint density at radius 2 is 1.27 bits per heavy atom. The molecule has 0 radical (unpaired) electrons. The Hall–Kier alpha value is -3.62. The van der Waals surface area contributed by atoms with Crippen LogP contribution in [0.15, 0.2) is 24.3 Å². The number of carbonyl (C=O) groups is 2. The van der Waals surface area contributed by atoms with Gasteiger partial charge in [-0.3, -0.25) is 9.59 Å². The lowest BCUT2D eigenvalue weighted by Gasteiger charge is -2.44. The van der Waals surface area contributed by atoms with Crippen LogP contribution in [0, 0.1) is 0 Å². The molecule has 1 fully saturated rings. The summed E-state index contributed by atoms with van der Waals surface area (Å²) in [5, 5.41) is 99.3. The molecule has 3 rings (SSSR count). The van der Waals surface area contributed by atoms with Gasteiger partial charge in [-0.15, -0.1) is 0 Å². The van der Waals surface area contributed by atoms with Crippen LogP contribution in [-0.2, 0) is 4.74 Å². The second-order valence-electron chi connectivity index (χ2n) is 7.45. The van der Waals surface area contributed by atoms with Gasteiger partial charge in [0, 0.05) is 11.1 Å². The molecule has 1 heterocycles. The van der Waals surface area contributed by atoms with Crippen molar-refractivity contribution in [2.75, 3.05) is 6.61 Å². The summed E-state index contributed by atoms with van der Waals surface area (Å²) in [6.07, 6.45) is -8.83. The third-order valence-corrected chi connectivity index (χ3v) is 5.35. The largest absolute Gasteiger partial charge is 0.504 e. The van der Waals surface area contributed by atoms with Gasteiger partial charge in [-0.2, -0.15) is 0 Å². The van der Waals surface area contributed by atoms with Crippen LogP contribution in [0.3, 0.4) is 0 Å². The maximum absolute atomic E-state index is 12.9. The number of hydrogen-bond donors (Lipinski definition) is 10. The number of hydrogen-bond acceptors (Lipinski definition) is 13. The number of carbonyl (C=O) groups excluding carboxylic acids is 2. The summed E-state index contributed by atoms with van der Waals surface area (Å²) in [5.41, 5.74) is -4.27. The number of aromatic hydroxyl groups is 6. The molecule has 0 aliphatic carbocycles. The number of aliphatic hydroxyl groups is 4. The van der Waals surface area contributed by atoms with Gasteiger partial charge in [0.1, 0.15) is 24.4 Å². The van der Waals surface area contributed by atoms with Gasteiger partial charge in [-0.25, -0.2) is 0 Å². The summed E-state index contributed by atoms with van der Waals surface area (Å²) in [5.74, 6) is -8.29. The Kier molecular flexibility index (Phi) is 6.10. The van der Waals surface area contributed by atoms with Crippen molar-refractivity contribution in [1.82, 2.24) is 0 Å². The Bertz CT molecular complexity index is 1070. The molecule has 0 amide bonds. The molecule has 10 N–H and O–H groups in total. The highest BCUT2D eigenvalue weighted by atomic mass is 16.5. The lowest BCUT2D eigenvalue weighted by atomic mass is 9.77. The topological polar surface area (TPSA) is 246 Å². The summed E-state index contributed by atoms with van der Waals surface area (Å²) < 4.78 is 5.04. The Labute approximate surface area is 184 Å². The zero-order chi connectivity index (χ0) is 24.8. The van der Waals surface area contributed by atoms with Crippen molar-refractivity contribution in [2.24, 2.45) is 0 Å². The lowest BCUT2D eigenvalue weighted by Crippen LogP contribution is -2.69. The van der Waals surface area contributed by atoms with Crippen LogP contribution in [0.2, 0.25) is 0 Å². The molecule has 0 aromatic heterocycles. The molecule has 0 spiro atoms. The van der Waals surface area contributed by atoms with Gasteiger partial charge in [0.2, 0.25) is 0 Å². The monoisotopic (exact) mass is 468 g/mol. The maximum Gasteiger partial charge on any atom is 0.200 e. The normalized spacial score (nSPS) is 26.0. The maximum atomic E-state index is 12.9. The third kappa shape index (κ3) is 3.88. The fourth-order valence-corrected chi connectivity index (χ4v) is 3.45. The first-order chi connectivity index (χ1) is 15.3. The summed E-state index contributed by atoms with van der Waals surface area (Å²) in [6.45, 7) is -0.851. The molecule has 0 bridgehead atoms. The average molecular weight is 468 g/mol.